The van der Waals surface area contributed by atoms with Gasteiger partial charge in [-0.05, 0) is 43.1 Å². The van der Waals surface area contributed by atoms with E-state index in [1.165, 1.54) is 12.0 Å². The van der Waals surface area contributed by atoms with Crippen molar-refractivity contribution in [3.05, 3.63) is 29.3 Å². The molecule has 3 nitrogen and oxygen atoms in total. The predicted octanol–water partition coefficient (Wildman–Crippen LogP) is 3.73. The molecule has 1 heterocycles. The summed E-state index contributed by atoms with van der Waals surface area (Å²) < 4.78 is 5.90. The third-order valence-electron chi connectivity index (χ3n) is 4.47. The first-order valence-electron chi connectivity index (χ1n) is 8.27. The highest BCUT2D eigenvalue weighted by Crippen LogP contribution is 2.36. The summed E-state index contributed by atoms with van der Waals surface area (Å²) in [4.78, 5) is 2.35. The Kier molecular flexibility index (Phi) is 5.65. The summed E-state index contributed by atoms with van der Waals surface area (Å²) in [7, 11) is 0. The van der Waals surface area contributed by atoms with E-state index in [-0.39, 0.29) is 6.04 Å². The van der Waals surface area contributed by atoms with Crippen LogP contribution in [-0.4, -0.2) is 35.7 Å². The van der Waals surface area contributed by atoms with E-state index in [9.17, 15) is 5.11 Å². The third kappa shape index (κ3) is 3.58. The molecule has 3 heteroatoms. The SMILES string of the molecule is CCCCN(CC)C1COc2ccc(C(C)C)cc2C1O. The molecule has 0 aliphatic carbocycles. The Morgan fingerprint density at radius 2 is 2.10 bits per heavy atom. The smallest absolute Gasteiger partial charge is 0.125 e. The molecule has 0 saturated carbocycles. The van der Waals surface area contributed by atoms with Gasteiger partial charge in [0.1, 0.15) is 18.5 Å². The zero-order chi connectivity index (χ0) is 15.4. The van der Waals surface area contributed by atoms with Crippen molar-refractivity contribution in [1.29, 1.82) is 0 Å². The van der Waals surface area contributed by atoms with Crippen LogP contribution in [0.5, 0.6) is 5.75 Å². The summed E-state index contributed by atoms with van der Waals surface area (Å²) in [6.45, 7) is 11.3. The second kappa shape index (κ2) is 7.28. The van der Waals surface area contributed by atoms with Crippen LogP contribution in [0, 0.1) is 0 Å². The lowest BCUT2D eigenvalue weighted by molar-refractivity contribution is 0.00497. The van der Waals surface area contributed by atoms with E-state index in [1.807, 2.05) is 6.07 Å². The van der Waals surface area contributed by atoms with Crippen LogP contribution in [0.1, 0.15) is 63.7 Å². The van der Waals surface area contributed by atoms with Gasteiger partial charge in [-0.15, -0.1) is 0 Å². The lowest BCUT2D eigenvalue weighted by Gasteiger charge is -2.38. The number of hydrogen-bond donors (Lipinski definition) is 1. The zero-order valence-electron chi connectivity index (χ0n) is 13.8. The van der Waals surface area contributed by atoms with Crippen molar-refractivity contribution in [2.24, 2.45) is 0 Å². The van der Waals surface area contributed by atoms with Gasteiger partial charge < -0.3 is 9.84 Å². The summed E-state index contributed by atoms with van der Waals surface area (Å²) in [5, 5.41) is 10.8. The third-order valence-corrected chi connectivity index (χ3v) is 4.47. The Morgan fingerprint density at radius 1 is 1.33 bits per heavy atom. The van der Waals surface area contributed by atoms with Gasteiger partial charge >= 0.3 is 0 Å². The molecule has 0 radical (unpaired) electrons. The zero-order valence-corrected chi connectivity index (χ0v) is 13.8. The van der Waals surface area contributed by atoms with Crippen LogP contribution in [0.3, 0.4) is 0 Å². The van der Waals surface area contributed by atoms with Crippen molar-refractivity contribution in [1.82, 2.24) is 4.90 Å². The minimum Gasteiger partial charge on any atom is -0.491 e. The molecule has 1 aromatic rings. The van der Waals surface area contributed by atoms with Gasteiger partial charge in [0, 0.05) is 5.56 Å². The van der Waals surface area contributed by atoms with Crippen molar-refractivity contribution in [3.63, 3.8) is 0 Å². The summed E-state index contributed by atoms with van der Waals surface area (Å²) in [6, 6.07) is 6.29. The minimum absolute atomic E-state index is 0.0662. The van der Waals surface area contributed by atoms with Crippen molar-refractivity contribution in [2.45, 2.75) is 58.6 Å². The first-order valence-corrected chi connectivity index (χ1v) is 8.27. The average Bonchev–Trinajstić information content (AvgIpc) is 2.49. The maximum Gasteiger partial charge on any atom is 0.125 e. The highest BCUT2D eigenvalue weighted by Gasteiger charge is 2.33. The average molecular weight is 291 g/mol. The van der Waals surface area contributed by atoms with Crippen LogP contribution < -0.4 is 4.74 Å². The molecule has 2 atom stereocenters. The van der Waals surface area contributed by atoms with Gasteiger partial charge in [0.2, 0.25) is 0 Å². The van der Waals surface area contributed by atoms with Crippen molar-refractivity contribution in [3.8, 4) is 5.75 Å². The van der Waals surface area contributed by atoms with E-state index in [2.05, 4.69) is 44.7 Å². The normalized spacial score (nSPS) is 21.5. The number of likely N-dealkylation sites (N-methyl/N-ethyl adjacent to an activating group) is 1. The number of benzene rings is 1. The van der Waals surface area contributed by atoms with Crippen LogP contribution in [0.4, 0.5) is 0 Å². The van der Waals surface area contributed by atoms with E-state index in [4.69, 9.17) is 4.74 Å². The fourth-order valence-corrected chi connectivity index (χ4v) is 2.99. The van der Waals surface area contributed by atoms with Crippen LogP contribution in [-0.2, 0) is 0 Å². The molecule has 0 bridgehead atoms. The summed E-state index contributed by atoms with van der Waals surface area (Å²) in [5.41, 5.74) is 2.21. The van der Waals surface area contributed by atoms with Crippen molar-refractivity contribution in [2.75, 3.05) is 19.7 Å². The van der Waals surface area contributed by atoms with Crippen molar-refractivity contribution >= 4 is 0 Å². The number of fused-ring (bicyclic) bond motifs is 1. The Hall–Kier alpha value is -1.06. The monoisotopic (exact) mass is 291 g/mol. The van der Waals surface area contributed by atoms with Gasteiger partial charge in [-0.2, -0.15) is 0 Å². The fraction of sp³-hybridized carbons (Fsp3) is 0.667. The number of aliphatic hydroxyl groups excluding tert-OH is 1. The second-order valence-electron chi connectivity index (χ2n) is 6.26. The highest BCUT2D eigenvalue weighted by molar-refractivity contribution is 5.42. The number of unbranched alkanes of at least 4 members (excludes halogenated alkanes) is 1. The Bertz CT molecular complexity index is 459. The molecule has 0 amide bonds. The molecule has 0 saturated heterocycles. The minimum atomic E-state index is -0.454. The van der Waals surface area contributed by atoms with Gasteiger partial charge in [-0.3, -0.25) is 4.90 Å². The maximum atomic E-state index is 10.8. The molecular formula is C18H29NO2. The number of hydrogen-bond acceptors (Lipinski definition) is 3. The Morgan fingerprint density at radius 3 is 2.71 bits per heavy atom. The van der Waals surface area contributed by atoms with Crippen LogP contribution >= 0.6 is 0 Å². The fourth-order valence-electron chi connectivity index (χ4n) is 2.99. The Balaban J connectivity index is 2.21. The summed E-state index contributed by atoms with van der Waals surface area (Å²) in [5.74, 6) is 1.31. The topological polar surface area (TPSA) is 32.7 Å². The maximum absolute atomic E-state index is 10.8. The molecule has 2 unspecified atom stereocenters. The van der Waals surface area contributed by atoms with E-state index < -0.39 is 6.10 Å². The molecule has 0 aromatic heterocycles. The van der Waals surface area contributed by atoms with Gasteiger partial charge in [0.05, 0.1) is 6.04 Å². The number of ether oxygens (including phenoxy) is 1. The van der Waals surface area contributed by atoms with Crippen LogP contribution in [0.15, 0.2) is 18.2 Å². The molecule has 0 fully saturated rings. The highest BCUT2D eigenvalue weighted by atomic mass is 16.5. The largest absolute Gasteiger partial charge is 0.491 e. The van der Waals surface area contributed by atoms with Crippen molar-refractivity contribution < 1.29 is 9.84 Å². The molecule has 1 aromatic carbocycles. The number of rotatable bonds is 6. The molecule has 0 spiro atoms. The molecule has 1 aliphatic heterocycles. The molecule has 118 valence electrons. The molecule has 1 N–H and O–H groups in total. The molecule has 1 aliphatic rings. The first-order chi connectivity index (χ1) is 10.1. The van der Waals surface area contributed by atoms with E-state index in [0.717, 1.165) is 30.8 Å². The van der Waals surface area contributed by atoms with Gasteiger partial charge in [-0.25, -0.2) is 0 Å². The van der Waals surface area contributed by atoms with E-state index >= 15 is 0 Å². The number of nitrogens with zero attached hydrogens (tertiary/aromatic N) is 1. The Labute approximate surface area is 128 Å². The van der Waals surface area contributed by atoms with Gasteiger partial charge in [-0.1, -0.05) is 40.2 Å². The molecule has 21 heavy (non-hydrogen) atoms. The van der Waals surface area contributed by atoms with Gasteiger partial charge in [0.25, 0.3) is 0 Å². The van der Waals surface area contributed by atoms with Crippen LogP contribution in [0.2, 0.25) is 0 Å². The van der Waals surface area contributed by atoms with E-state index in [0.29, 0.717) is 12.5 Å². The number of aliphatic hydroxyl groups is 1. The lowest BCUT2D eigenvalue weighted by atomic mass is 9.93. The molecular weight excluding hydrogens is 262 g/mol. The first kappa shape index (κ1) is 16.3. The standard InChI is InChI=1S/C18H29NO2/c1-5-7-10-19(6-2)16-12-21-17-9-8-14(13(3)4)11-15(17)18(16)20/h8-9,11,13,16,18,20H,5-7,10,12H2,1-4H3. The quantitative estimate of drug-likeness (QED) is 0.867. The lowest BCUT2D eigenvalue weighted by Crippen LogP contribution is -2.46. The predicted molar refractivity (Wildman–Crippen MR) is 86.9 cm³/mol. The summed E-state index contributed by atoms with van der Waals surface area (Å²) >= 11 is 0. The van der Waals surface area contributed by atoms with Gasteiger partial charge in [0.15, 0.2) is 0 Å². The molecule has 2 rings (SSSR count). The summed E-state index contributed by atoms with van der Waals surface area (Å²) in [6.07, 6.45) is 1.88. The van der Waals surface area contributed by atoms with E-state index in [1.54, 1.807) is 0 Å². The van der Waals surface area contributed by atoms with Crippen LogP contribution in [0.25, 0.3) is 0 Å². The second-order valence-corrected chi connectivity index (χ2v) is 6.26.